The zero-order valence-electron chi connectivity index (χ0n) is 17.9. The number of allylic oxidation sites excluding steroid dienone is 1. The van der Waals surface area contributed by atoms with Crippen molar-refractivity contribution in [3.05, 3.63) is 88.2 Å². The van der Waals surface area contributed by atoms with Gasteiger partial charge in [0.15, 0.2) is 17.3 Å². The molecule has 170 valence electrons. The lowest BCUT2D eigenvalue weighted by Crippen LogP contribution is -2.21. The number of hydrogen-bond acceptors (Lipinski definition) is 7. The standard InChI is InChI=1S/C26H18O8/c1-32-19-8-2-13(10-18(19)27)11-21-24(29)16-7-9-20-23(25(16)34-21)17(12-22(28)33-20)14-3-5-15(6-4-14)26(30)31/h2-11,17,27H,12H2,1H3,(H,30,31). The van der Waals surface area contributed by atoms with Crippen LogP contribution in [0, 0.1) is 0 Å². The minimum atomic E-state index is -1.05. The van der Waals surface area contributed by atoms with Crippen LogP contribution in [0.25, 0.3) is 6.08 Å². The van der Waals surface area contributed by atoms with Gasteiger partial charge in [-0.25, -0.2) is 4.79 Å². The number of carbonyl (C=O) groups excluding carboxylic acids is 2. The van der Waals surface area contributed by atoms with Gasteiger partial charge in [0.05, 0.1) is 24.7 Å². The Bertz CT molecular complexity index is 1380. The van der Waals surface area contributed by atoms with Crippen molar-refractivity contribution in [1.29, 1.82) is 0 Å². The molecule has 0 radical (unpaired) electrons. The Morgan fingerprint density at radius 3 is 2.50 bits per heavy atom. The number of esters is 1. The number of phenolic OH excluding ortho intramolecular Hbond substituents is 1. The van der Waals surface area contributed by atoms with E-state index in [0.717, 1.165) is 0 Å². The average molecular weight is 458 g/mol. The van der Waals surface area contributed by atoms with Gasteiger partial charge in [-0.05, 0) is 53.6 Å². The van der Waals surface area contributed by atoms with Crippen LogP contribution in [0.2, 0.25) is 0 Å². The van der Waals surface area contributed by atoms with Gasteiger partial charge in [-0.3, -0.25) is 9.59 Å². The SMILES string of the molecule is COc1ccc(C=C2Oc3c(ccc4c3C(c3ccc(C(=O)O)cc3)CC(=O)O4)C2=O)cc1O. The molecular formula is C26H18O8. The summed E-state index contributed by atoms with van der Waals surface area (Å²) in [6, 6.07) is 14.0. The highest BCUT2D eigenvalue weighted by Gasteiger charge is 2.38. The monoisotopic (exact) mass is 458 g/mol. The molecule has 2 heterocycles. The van der Waals surface area contributed by atoms with Crippen molar-refractivity contribution < 1.29 is 38.8 Å². The lowest BCUT2D eigenvalue weighted by molar-refractivity contribution is -0.135. The van der Waals surface area contributed by atoms with Crippen molar-refractivity contribution in [3.63, 3.8) is 0 Å². The Morgan fingerprint density at radius 2 is 1.82 bits per heavy atom. The first-order valence-electron chi connectivity index (χ1n) is 10.4. The van der Waals surface area contributed by atoms with Crippen molar-refractivity contribution in [2.45, 2.75) is 12.3 Å². The van der Waals surface area contributed by atoms with Crippen LogP contribution in [0.3, 0.4) is 0 Å². The summed E-state index contributed by atoms with van der Waals surface area (Å²) in [5, 5.41) is 19.2. The quantitative estimate of drug-likeness (QED) is 0.340. The molecule has 3 aromatic rings. The number of ether oxygens (including phenoxy) is 3. The molecule has 0 fully saturated rings. The van der Waals surface area contributed by atoms with E-state index >= 15 is 0 Å². The summed E-state index contributed by atoms with van der Waals surface area (Å²) in [5.41, 5.74) is 2.24. The number of benzene rings is 3. The predicted molar refractivity (Wildman–Crippen MR) is 120 cm³/mol. The average Bonchev–Trinajstić information content (AvgIpc) is 3.13. The highest BCUT2D eigenvalue weighted by Crippen LogP contribution is 2.49. The molecule has 1 unspecified atom stereocenters. The van der Waals surface area contributed by atoms with E-state index in [1.165, 1.54) is 31.4 Å². The molecule has 5 rings (SSSR count). The lowest BCUT2D eigenvalue weighted by Gasteiger charge is -2.26. The van der Waals surface area contributed by atoms with E-state index in [1.807, 2.05) is 0 Å². The van der Waals surface area contributed by atoms with E-state index in [9.17, 15) is 24.6 Å². The van der Waals surface area contributed by atoms with Crippen LogP contribution in [0.1, 0.15) is 49.7 Å². The highest BCUT2D eigenvalue weighted by molar-refractivity contribution is 6.15. The number of aromatic hydroxyl groups is 1. The van der Waals surface area contributed by atoms with Gasteiger partial charge >= 0.3 is 11.9 Å². The van der Waals surface area contributed by atoms with Gasteiger partial charge in [-0.2, -0.15) is 0 Å². The first-order valence-corrected chi connectivity index (χ1v) is 10.4. The minimum absolute atomic E-state index is 0.0127. The summed E-state index contributed by atoms with van der Waals surface area (Å²) in [6.45, 7) is 0. The normalized spacial score (nSPS) is 17.6. The molecule has 2 N–H and O–H groups in total. The number of rotatable bonds is 4. The van der Waals surface area contributed by atoms with Crippen LogP contribution in [-0.2, 0) is 4.79 Å². The topological polar surface area (TPSA) is 119 Å². The zero-order chi connectivity index (χ0) is 24.0. The highest BCUT2D eigenvalue weighted by atomic mass is 16.5. The molecule has 0 saturated carbocycles. The Labute approximate surface area is 193 Å². The number of Topliss-reactive ketones (excluding diaryl/α,β-unsaturated/α-hetero) is 1. The molecule has 0 bridgehead atoms. The molecule has 0 aromatic heterocycles. The summed E-state index contributed by atoms with van der Waals surface area (Å²) in [4.78, 5) is 36.5. The van der Waals surface area contributed by atoms with Crippen LogP contribution >= 0.6 is 0 Å². The summed E-state index contributed by atoms with van der Waals surface area (Å²) < 4.78 is 16.4. The molecule has 0 amide bonds. The fraction of sp³-hybridized carbons (Fsp3) is 0.115. The van der Waals surface area contributed by atoms with Crippen molar-refractivity contribution >= 4 is 23.8 Å². The fourth-order valence-corrected chi connectivity index (χ4v) is 4.20. The molecular weight excluding hydrogens is 440 g/mol. The Morgan fingerprint density at radius 1 is 1.06 bits per heavy atom. The van der Waals surface area contributed by atoms with Gasteiger partial charge in [-0.1, -0.05) is 18.2 Å². The molecule has 8 heteroatoms. The number of carboxylic acid groups (broad SMARTS) is 1. The smallest absolute Gasteiger partial charge is 0.335 e. The van der Waals surface area contributed by atoms with Crippen LogP contribution in [0.15, 0.2) is 60.4 Å². The first-order chi connectivity index (χ1) is 16.4. The van der Waals surface area contributed by atoms with Crippen molar-refractivity contribution in [2.75, 3.05) is 7.11 Å². The zero-order valence-corrected chi connectivity index (χ0v) is 17.9. The van der Waals surface area contributed by atoms with Gasteiger partial charge in [0.25, 0.3) is 0 Å². The molecule has 0 aliphatic carbocycles. The molecule has 0 spiro atoms. The molecule has 8 nitrogen and oxygen atoms in total. The van der Waals surface area contributed by atoms with E-state index in [0.29, 0.717) is 39.5 Å². The number of fused-ring (bicyclic) bond motifs is 3. The van der Waals surface area contributed by atoms with E-state index in [4.69, 9.17) is 14.2 Å². The number of hydrogen-bond donors (Lipinski definition) is 2. The summed E-state index contributed by atoms with van der Waals surface area (Å²) in [7, 11) is 1.44. The number of ketones is 1. The van der Waals surface area contributed by atoms with E-state index in [2.05, 4.69) is 0 Å². The molecule has 2 aliphatic rings. The largest absolute Gasteiger partial charge is 0.504 e. The van der Waals surface area contributed by atoms with Gasteiger partial charge in [0, 0.05) is 11.5 Å². The van der Waals surface area contributed by atoms with Crippen LogP contribution in [0.5, 0.6) is 23.0 Å². The second-order valence-electron chi connectivity index (χ2n) is 7.88. The van der Waals surface area contributed by atoms with E-state index in [-0.39, 0.29) is 29.3 Å². The second-order valence-corrected chi connectivity index (χ2v) is 7.88. The fourth-order valence-electron chi connectivity index (χ4n) is 4.20. The maximum Gasteiger partial charge on any atom is 0.335 e. The van der Waals surface area contributed by atoms with Crippen LogP contribution in [0.4, 0.5) is 0 Å². The summed E-state index contributed by atoms with van der Waals surface area (Å²) >= 11 is 0. The number of carboxylic acids is 1. The number of aromatic carboxylic acids is 1. The number of phenols is 1. The Kier molecular flexibility index (Phi) is 5.05. The van der Waals surface area contributed by atoms with Gasteiger partial charge < -0.3 is 24.4 Å². The third-order valence-electron chi connectivity index (χ3n) is 5.84. The van der Waals surface area contributed by atoms with Crippen molar-refractivity contribution in [2.24, 2.45) is 0 Å². The second kappa shape index (κ2) is 8.08. The Hall–Kier alpha value is -4.59. The van der Waals surface area contributed by atoms with Gasteiger partial charge in [-0.15, -0.1) is 0 Å². The molecule has 3 aromatic carbocycles. The van der Waals surface area contributed by atoms with Gasteiger partial charge in [0.1, 0.15) is 11.5 Å². The van der Waals surface area contributed by atoms with E-state index < -0.39 is 17.9 Å². The molecule has 34 heavy (non-hydrogen) atoms. The lowest BCUT2D eigenvalue weighted by atomic mass is 9.84. The predicted octanol–water partition coefficient (Wildman–Crippen LogP) is 4.16. The molecule has 1 atom stereocenters. The maximum atomic E-state index is 13.1. The summed E-state index contributed by atoms with van der Waals surface area (Å²) in [5.74, 6) is -1.44. The van der Waals surface area contributed by atoms with Crippen LogP contribution in [-0.4, -0.2) is 35.0 Å². The van der Waals surface area contributed by atoms with E-state index in [1.54, 1.807) is 36.4 Å². The maximum absolute atomic E-state index is 13.1. The molecule has 0 saturated heterocycles. The first kappa shape index (κ1) is 21.3. The number of methoxy groups -OCH3 is 1. The summed E-state index contributed by atoms with van der Waals surface area (Å²) in [6.07, 6.45) is 1.53. The number of carbonyl (C=O) groups is 3. The van der Waals surface area contributed by atoms with Crippen molar-refractivity contribution in [3.8, 4) is 23.0 Å². The minimum Gasteiger partial charge on any atom is -0.504 e. The third kappa shape index (κ3) is 3.55. The van der Waals surface area contributed by atoms with Crippen molar-refractivity contribution in [1.82, 2.24) is 0 Å². The van der Waals surface area contributed by atoms with Gasteiger partial charge in [0.2, 0.25) is 5.78 Å². The Balaban J connectivity index is 1.56. The van der Waals surface area contributed by atoms with Crippen LogP contribution < -0.4 is 14.2 Å². The third-order valence-corrected chi connectivity index (χ3v) is 5.84. The molecule has 2 aliphatic heterocycles.